The zero-order valence-electron chi connectivity index (χ0n) is 9.98. The Hall–Kier alpha value is -1.51. The van der Waals surface area contributed by atoms with Crippen molar-refractivity contribution >= 4 is 23.5 Å². The van der Waals surface area contributed by atoms with E-state index in [0.717, 1.165) is 24.2 Å². The van der Waals surface area contributed by atoms with Gasteiger partial charge in [0.25, 0.3) is 0 Å². The maximum absolute atomic E-state index is 11.9. The number of carbonyl (C=O) groups excluding carboxylic acids is 1. The summed E-state index contributed by atoms with van der Waals surface area (Å²) in [6, 6.07) is 3.56. The summed E-state index contributed by atoms with van der Waals surface area (Å²) in [5.74, 6) is 7.34. The molecular weight excluding hydrogens is 246 g/mol. The average Bonchev–Trinajstić information content (AvgIpc) is 2.91. The summed E-state index contributed by atoms with van der Waals surface area (Å²) in [4.78, 5) is 16.0. The third kappa shape index (κ3) is 3.49. The summed E-state index contributed by atoms with van der Waals surface area (Å²) >= 11 is 1.70. The fourth-order valence-electron chi connectivity index (χ4n) is 1.72. The molecule has 0 saturated carbocycles. The second-order valence-corrected chi connectivity index (χ2v) is 5.24. The van der Waals surface area contributed by atoms with E-state index in [-0.39, 0.29) is 11.2 Å². The van der Waals surface area contributed by atoms with Gasteiger partial charge in [0.2, 0.25) is 5.91 Å². The Bertz CT molecular complexity index is 486. The van der Waals surface area contributed by atoms with Gasteiger partial charge in [0.1, 0.15) is 5.82 Å². The quantitative estimate of drug-likeness (QED) is 0.786. The van der Waals surface area contributed by atoms with Gasteiger partial charge < -0.3 is 11.1 Å². The third-order valence-electron chi connectivity index (χ3n) is 2.57. The molecule has 1 atom stereocenters. The average molecular weight is 261 g/mol. The lowest BCUT2D eigenvalue weighted by Gasteiger charge is -2.09. The van der Waals surface area contributed by atoms with Gasteiger partial charge in [0.05, 0.1) is 11.8 Å². The highest BCUT2D eigenvalue weighted by Gasteiger charge is 2.23. The summed E-state index contributed by atoms with van der Waals surface area (Å²) in [5, 5.41) is 2.89. The third-order valence-corrected chi connectivity index (χ3v) is 3.94. The van der Waals surface area contributed by atoms with Crippen LogP contribution >= 0.6 is 11.8 Å². The molecule has 18 heavy (non-hydrogen) atoms. The van der Waals surface area contributed by atoms with Gasteiger partial charge in [-0.1, -0.05) is 11.8 Å². The minimum Gasteiger partial charge on any atom is -0.320 e. The van der Waals surface area contributed by atoms with E-state index in [4.69, 9.17) is 5.73 Å². The van der Waals surface area contributed by atoms with Crippen LogP contribution in [0, 0.1) is 11.8 Å². The molecule has 2 heterocycles. The van der Waals surface area contributed by atoms with Crippen LogP contribution in [0.4, 0.5) is 5.82 Å². The Balaban J connectivity index is 2.02. The van der Waals surface area contributed by atoms with Crippen LogP contribution in [0.25, 0.3) is 0 Å². The molecule has 1 fully saturated rings. The van der Waals surface area contributed by atoms with Gasteiger partial charge in [-0.25, -0.2) is 4.98 Å². The first-order valence-electron chi connectivity index (χ1n) is 5.87. The molecule has 1 aromatic rings. The van der Waals surface area contributed by atoms with E-state index in [1.165, 1.54) is 0 Å². The van der Waals surface area contributed by atoms with Crippen molar-refractivity contribution < 1.29 is 4.79 Å². The largest absolute Gasteiger partial charge is 0.320 e. The fourth-order valence-corrected chi connectivity index (χ4v) is 2.88. The van der Waals surface area contributed by atoms with E-state index in [1.54, 1.807) is 30.1 Å². The number of aromatic nitrogens is 1. The Labute approximate surface area is 111 Å². The smallest absolute Gasteiger partial charge is 0.238 e. The van der Waals surface area contributed by atoms with Crippen LogP contribution in [0.5, 0.6) is 0 Å². The molecule has 1 unspecified atom stereocenters. The molecule has 94 valence electrons. The molecule has 5 heteroatoms. The molecule has 3 N–H and O–H groups in total. The summed E-state index contributed by atoms with van der Waals surface area (Å²) < 4.78 is 0. The Morgan fingerprint density at radius 3 is 3.28 bits per heavy atom. The van der Waals surface area contributed by atoms with Crippen molar-refractivity contribution in [3.8, 4) is 11.8 Å². The predicted molar refractivity (Wildman–Crippen MR) is 74.3 cm³/mol. The van der Waals surface area contributed by atoms with Crippen molar-refractivity contribution in [2.24, 2.45) is 5.73 Å². The van der Waals surface area contributed by atoms with E-state index in [1.807, 2.05) is 0 Å². The molecule has 0 bridgehead atoms. The standard InChI is InChI=1S/C13H15N3OS/c14-6-1-3-10-5-7-15-12(9-10)16-13(17)11-4-2-8-18-11/h5,7,9,11H,2,4,6,8,14H2,(H,15,16,17). The minimum absolute atomic E-state index is 0.0361. The highest BCUT2D eigenvalue weighted by Crippen LogP contribution is 2.26. The highest BCUT2D eigenvalue weighted by molar-refractivity contribution is 8.00. The molecule has 1 aliphatic heterocycles. The molecule has 4 nitrogen and oxygen atoms in total. The van der Waals surface area contributed by atoms with Crippen molar-refractivity contribution in [3.05, 3.63) is 23.9 Å². The van der Waals surface area contributed by atoms with Crippen molar-refractivity contribution in [2.75, 3.05) is 17.6 Å². The summed E-state index contributed by atoms with van der Waals surface area (Å²) in [6.45, 7) is 0.322. The summed E-state index contributed by atoms with van der Waals surface area (Å²) in [6.07, 6.45) is 3.69. The number of rotatable bonds is 2. The number of nitrogens with two attached hydrogens (primary N) is 1. The van der Waals surface area contributed by atoms with Gasteiger partial charge in [0.15, 0.2) is 0 Å². The summed E-state index contributed by atoms with van der Waals surface area (Å²) in [7, 11) is 0. The number of nitrogens with zero attached hydrogens (tertiary/aromatic N) is 1. The molecule has 0 aliphatic carbocycles. The van der Waals surface area contributed by atoms with Gasteiger partial charge in [-0.05, 0) is 30.7 Å². The van der Waals surface area contributed by atoms with Gasteiger partial charge in [-0.15, -0.1) is 11.8 Å². The van der Waals surface area contributed by atoms with Crippen LogP contribution in [-0.4, -0.2) is 28.4 Å². The fraction of sp³-hybridized carbons (Fsp3) is 0.385. The number of amides is 1. The van der Waals surface area contributed by atoms with E-state index in [0.29, 0.717) is 12.4 Å². The van der Waals surface area contributed by atoms with Crippen molar-refractivity contribution in [1.29, 1.82) is 0 Å². The zero-order valence-corrected chi connectivity index (χ0v) is 10.8. The molecule has 1 aromatic heterocycles. The zero-order chi connectivity index (χ0) is 12.8. The van der Waals surface area contributed by atoms with Crippen LogP contribution in [0.2, 0.25) is 0 Å². The molecule has 1 amide bonds. The van der Waals surface area contributed by atoms with Crippen molar-refractivity contribution in [3.63, 3.8) is 0 Å². The van der Waals surface area contributed by atoms with Crippen molar-refractivity contribution in [1.82, 2.24) is 4.98 Å². The van der Waals surface area contributed by atoms with Crippen molar-refractivity contribution in [2.45, 2.75) is 18.1 Å². The van der Waals surface area contributed by atoms with Crippen LogP contribution in [-0.2, 0) is 4.79 Å². The molecule has 1 aliphatic rings. The first kappa shape index (κ1) is 12.9. The van der Waals surface area contributed by atoms with Gasteiger partial charge in [-0.3, -0.25) is 4.79 Å². The topological polar surface area (TPSA) is 68.0 Å². The summed E-state index contributed by atoms with van der Waals surface area (Å²) in [5.41, 5.74) is 6.13. The Morgan fingerprint density at radius 1 is 1.67 bits per heavy atom. The van der Waals surface area contributed by atoms with Crippen LogP contribution in [0.1, 0.15) is 18.4 Å². The normalized spacial score (nSPS) is 17.9. The number of pyridine rings is 1. The number of thioether (sulfide) groups is 1. The van der Waals surface area contributed by atoms with Gasteiger partial charge in [-0.2, -0.15) is 0 Å². The molecule has 2 rings (SSSR count). The lowest BCUT2D eigenvalue weighted by molar-refractivity contribution is -0.115. The Morgan fingerprint density at radius 2 is 2.56 bits per heavy atom. The molecule has 0 radical (unpaired) electrons. The first-order valence-corrected chi connectivity index (χ1v) is 6.92. The van der Waals surface area contributed by atoms with E-state index < -0.39 is 0 Å². The van der Waals surface area contributed by atoms with Crippen LogP contribution in [0.15, 0.2) is 18.3 Å². The minimum atomic E-state index is 0.0361. The van der Waals surface area contributed by atoms with Crippen LogP contribution < -0.4 is 11.1 Å². The van der Waals surface area contributed by atoms with Gasteiger partial charge in [0, 0.05) is 11.8 Å². The molecular formula is C13H15N3OS. The molecule has 0 aromatic carbocycles. The lowest BCUT2D eigenvalue weighted by atomic mass is 10.2. The second kappa shape index (κ2) is 6.43. The van der Waals surface area contributed by atoms with Gasteiger partial charge >= 0.3 is 0 Å². The number of nitrogens with one attached hydrogen (secondary N) is 1. The molecule has 0 spiro atoms. The second-order valence-electron chi connectivity index (χ2n) is 3.93. The lowest BCUT2D eigenvalue weighted by Crippen LogP contribution is -2.23. The SMILES string of the molecule is NCC#Cc1ccnc(NC(=O)C2CCCS2)c1. The predicted octanol–water partition coefficient (Wildman–Crippen LogP) is 1.23. The number of carbonyl (C=O) groups is 1. The number of hydrogen-bond donors (Lipinski definition) is 2. The number of hydrogen-bond acceptors (Lipinski definition) is 4. The Kier molecular flexibility index (Phi) is 4.62. The monoisotopic (exact) mass is 261 g/mol. The van der Waals surface area contributed by atoms with Crippen LogP contribution in [0.3, 0.4) is 0 Å². The maximum atomic E-state index is 11.9. The van der Waals surface area contributed by atoms with E-state index in [2.05, 4.69) is 22.1 Å². The maximum Gasteiger partial charge on any atom is 0.238 e. The van der Waals surface area contributed by atoms with E-state index in [9.17, 15) is 4.79 Å². The number of anilines is 1. The van der Waals surface area contributed by atoms with E-state index >= 15 is 0 Å². The molecule has 1 saturated heterocycles. The first-order chi connectivity index (χ1) is 8.79. The highest BCUT2D eigenvalue weighted by atomic mass is 32.2.